The number of hydrogen-bond acceptors (Lipinski definition) is 4. The summed E-state index contributed by atoms with van der Waals surface area (Å²) in [4.78, 5) is 5.07. The minimum absolute atomic E-state index is 0.343. The number of nitrogens with zero attached hydrogens (tertiary/aromatic N) is 2. The highest BCUT2D eigenvalue weighted by Crippen LogP contribution is 2.30. The van der Waals surface area contributed by atoms with Crippen LogP contribution in [0.1, 0.15) is 0 Å². The standard InChI is InChI=1S/C13H12ClN5OS/c1-16-21(20)7-2-3-8(9(14)6-7)10-4-5-11-12(17-10)13(15)19-18-11/h2-6,16H,1H3,(H3,15,18,19). The topological polar surface area (TPSA) is 96.7 Å². The lowest BCUT2D eigenvalue weighted by molar-refractivity contribution is 0.678. The highest BCUT2D eigenvalue weighted by Gasteiger charge is 2.11. The fraction of sp³-hybridized carbons (Fsp3) is 0.0769. The molecule has 0 aliphatic rings. The zero-order valence-corrected chi connectivity index (χ0v) is 12.6. The van der Waals surface area contributed by atoms with Gasteiger partial charge in [-0.2, -0.15) is 5.10 Å². The average Bonchev–Trinajstić information content (AvgIpc) is 2.87. The van der Waals surface area contributed by atoms with Gasteiger partial charge in [-0.1, -0.05) is 17.7 Å². The van der Waals surface area contributed by atoms with E-state index in [9.17, 15) is 4.21 Å². The molecule has 108 valence electrons. The van der Waals surface area contributed by atoms with Crippen LogP contribution in [0.2, 0.25) is 5.02 Å². The van der Waals surface area contributed by atoms with E-state index in [1.165, 1.54) is 0 Å². The third-order valence-corrected chi connectivity index (χ3v) is 4.42. The van der Waals surface area contributed by atoms with Crippen molar-refractivity contribution >= 4 is 39.4 Å². The molecule has 1 atom stereocenters. The first-order chi connectivity index (χ1) is 10.1. The number of nitrogen functional groups attached to an aromatic ring is 1. The maximum atomic E-state index is 11.7. The molecule has 4 N–H and O–H groups in total. The summed E-state index contributed by atoms with van der Waals surface area (Å²) >= 11 is 6.27. The maximum Gasteiger partial charge on any atom is 0.171 e. The molecule has 2 heterocycles. The Labute approximate surface area is 128 Å². The van der Waals surface area contributed by atoms with Gasteiger partial charge in [0.25, 0.3) is 0 Å². The summed E-state index contributed by atoms with van der Waals surface area (Å²) in [7, 11) is 0.345. The molecule has 3 rings (SSSR count). The summed E-state index contributed by atoms with van der Waals surface area (Å²) in [6, 6.07) is 8.87. The van der Waals surface area contributed by atoms with E-state index in [1.54, 1.807) is 25.2 Å². The molecule has 1 unspecified atom stereocenters. The van der Waals surface area contributed by atoms with Gasteiger partial charge in [0.1, 0.15) is 16.5 Å². The van der Waals surface area contributed by atoms with Crippen LogP contribution in [-0.2, 0) is 11.0 Å². The van der Waals surface area contributed by atoms with Crippen molar-refractivity contribution in [2.45, 2.75) is 4.90 Å². The molecular formula is C13H12ClN5OS. The minimum Gasteiger partial charge on any atom is -0.380 e. The SMILES string of the molecule is CNS(=O)c1ccc(-c2ccc3[nH]nc(N)c3n2)c(Cl)c1. The van der Waals surface area contributed by atoms with Gasteiger partial charge >= 0.3 is 0 Å². The molecule has 21 heavy (non-hydrogen) atoms. The van der Waals surface area contributed by atoms with Gasteiger partial charge in [0.15, 0.2) is 5.82 Å². The van der Waals surface area contributed by atoms with Gasteiger partial charge in [-0.3, -0.25) is 5.10 Å². The van der Waals surface area contributed by atoms with Crippen molar-refractivity contribution in [3.8, 4) is 11.3 Å². The van der Waals surface area contributed by atoms with Gasteiger partial charge in [-0.15, -0.1) is 0 Å². The molecule has 0 spiro atoms. The molecule has 0 amide bonds. The molecule has 0 aliphatic carbocycles. The first kappa shape index (κ1) is 14.0. The monoisotopic (exact) mass is 321 g/mol. The summed E-state index contributed by atoms with van der Waals surface area (Å²) < 4.78 is 14.4. The van der Waals surface area contributed by atoms with Gasteiger partial charge in [0.2, 0.25) is 0 Å². The molecule has 0 aliphatic heterocycles. The van der Waals surface area contributed by atoms with Crippen LogP contribution in [0.3, 0.4) is 0 Å². The molecule has 8 heteroatoms. The van der Waals surface area contributed by atoms with E-state index >= 15 is 0 Å². The second kappa shape index (κ2) is 5.44. The van der Waals surface area contributed by atoms with Crippen molar-refractivity contribution in [1.82, 2.24) is 19.9 Å². The summed E-state index contributed by atoms with van der Waals surface area (Å²) in [5.41, 5.74) is 8.55. The van der Waals surface area contributed by atoms with E-state index in [-0.39, 0.29) is 0 Å². The molecule has 0 fully saturated rings. The number of anilines is 1. The highest BCUT2D eigenvalue weighted by atomic mass is 35.5. The number of aromatic nitrogens is 3. The molecule has 1 aromatic carbocycles. The number of halogens is 1. The summed E-state index contributed by atoms with van der Waals surface area (Å²) in [6.45, 7) is 0. The smallest absolute Gasteiger partial charge is 0.171 e. The fourth-order valence-electron chi connectivity index (χ4n) is 2.00. The summed E-state index contributed by atoms with van der Waals surface area (Å²) in [5.74, 6) is 0.343. The second-order valence-corrected chi connectivity index (χ2v) is 6.14. The number of benzene rings is 1. The van der Waals surface area contributed by atoms with E-state index in [0.717, 1.165) is 11.1 Å². The van der Waals surface area contributed by atoms with Crippen molar-refractivity contribution in [2.75, 3.05) is 12.8 Å². The Balaban J connectivity index is 2.09. The number of H-pyrrole nitrogens is 1. The molecule has 3 aromatic rings. The Kier molecular flexibility index (Phi) is 3.62. The van der Waals surface area contributed by atoms with Gasteiger partial charge in [0, 0.05) is 5.56 Å². The predicted molar refractivity (Wildman–Crippen MR) is 84.2 cm³/mol. The van der Waals surface area contributed by atoms with Crippen LogP contribution >= 0.6 is 11.6 Å². The van der Waals surface area contributed by atoms with E-state index in [1.807, 2.05) is 12.1 Å². The quantitative estimate of drug-likeness (QED) is 0.688. The summed E-state index contributed by atoms with van der Waals surface area (Å²) in [6.07, 6.45) is 0. The lowest BCUT2D eigenvalue weighted by atomic mass is 10.1. The van der Waals surface area contributed by atoms with Gasteiger partial charge in [-0.25, -0.2) is 13.9 Å². The molecule has 2 aromatic heterocycles. The van der Waals surface area contributed by atoms with Crippen LogP contribution in [0, 0.1) is 0 Å². The second-order valence-electron chi connectivity index (χ2n) is 4.32. The van der Waals surface area contributed by atoms with Crippen LogP contribution in [0.25, 0.3) is 22.3 Å². The van der Waals surface area contributed by atoms with E-state index < -0.39 is 11.0 Å². The van der Waals surface area contributed by atoms with Crippen molar-refractivity contribution in [3.05, 3.63) is 35.4 Å². The number of pyridine rings is 1. The van der Waals surface area contributed by atoms with Crippen LogP contribution < -0.4 is 10.5 Å². The molecule has 0 bridgehead atoms. The molecule has 6 nitrogen and oxygen atoms in total. The Bertz CT molecular complexity index is 848. The van der Waals surface area contributed by atoms with E-state index in [2.05, 4.69) is 19.9 Å². The number of rotatable bonds is 3. The van der Waals surface area contributed by atoms with Crippen molar-refractivity contribution in [3.63, 3.8) is 0 Å². The predicted octanol–water partition coefficient (Wildman–Crippen LogP) is 2.10. The van der Waals surface area contributed by atoms with Crippen molar-refractivity contribution in [1.29, 1.82) is 0 Å². The van der Waals surface area contributed by atoms with Crippen LogP contribution in [0.4, 0.5) is 5.82 Å². The zero-order chi connectivity index (χ0) is 15.0. The average molecular weight is 322 g/mol. The van der Waals surface area contributed by atoms with Crippen molar-refractivity contribution in [2.24, 2.45) is 0 Å². The number of nitrogens with two attached hydrogens (primary N) is 1. The Morgan fingerprint density at radius 2 is 2.14 bits per heavy atom. The van der Waals surface area contributed by atoms with Crippen molar-refractivity contribution < 1.29 is 4.21 Å². The lowest BCUT2D eigenvalue weighted by Gasteiger charge is -2.06. The normalized spacial score (nSPS) is 12.7. The Morgan fingerprint density at radius 1 is 1.33 bits per heavy atom. The maximum absolute atomic E-state index is 11.7. The first-order valence-electron chi connectivity index (χ1n) is 6.10. The fourth-order valence-corrected chi connectivity index (χ4v) is 3.00. The van der Waals surface area contributed by atoms with E-state index in [4.69, 9.17) is 17.3 Å². The number of aromatic amines is 1. The number of fused-ring (bicyclic) bond motifs is 1. The molecular weight excluding hydrogens is 310 g/mol. The van der Waals surface area contributed by atoms with Crippen LogP contribution in [0.5, 0.6) is 0 Å². The lowest BCUT2D eigenvalue weighted by Crippen LogP contribution is -2.10. The Morgan fingerprint density at radius 3 is 2.86 bits per heavy atom. The third kappa shape index (κ3) is 2.51. The van der Waals surface area contributed by atoms with Gasteiger partial charge in [-0.05, 0) is 31.3 Å². The largest absolute Gasteiger partial charge is 0.380 e. The molecule has 0 radical (unpaired) electrons. The highest BCUT2D eigenvalue weighted by molar-refractivity contribution is 7.83. The number of nitrogens with one attached hydrogen (secondary N) is 2. The Hall–Kier alpha value is -1.96. The zero-order valence-electron chi connectivity index (χ0n) is 11.1. The van der Waals surface area contributed by atoms with Gasteiger partial charge in [0.05, 0.1) is 21.1 Å². The van der Waals surface area contributed by atoms with Gasteiger partial charge < -0.3 is 5.73 Å². The van der Waals surface area contributed by atoms with Crippen LogP contribution in [0.15, 0.2) is 35.2 Å². The van der Waals surface area contributed by atoms with Crippen LogP contribution in [-0.4, -0.2) is 26.4 Å². The third-order valence-electron chi connectivity index (χ3n) is 3.05. The number of hydrogen-bond donors (Lipinski definition) is 3. The minimum atomic E-state index is -1.27. The first-order valence-corrected chi connectivity index (χ1v) is 7.62. The molecule has 0 saturated carbocycles. The summed E-state index contributed by atoms with van der Waals surface area (Å²) in [5, 5.41) is 7.18. The van der Waals surface area contributed by atoms with E-state index in [0.29, 0.717) is 26.9 Å². The molecule has 0 saturated heterocycles.